The number of rotatable bonds is 9. The van der Waals surface area contributed by atoms with Gasteiger partial charge in [0.15, 0.2) is 0 Å². The molecule has 102 valence electrons. The van der Waals surface area contributed by atoms with E-state index in [2.05, 4.69) is 42.3 Å². The summed E-state index contributed by atoms with van der Waals surface area (Å²) in [4.78, 5) is 2.29. The Bertz CT molecular complexity index is 303. The molecule has 0 saturated carbocycles. The van der Waals surface area contributed by atoms with Crippen LogP contribution in [0.1, 0.15) is 18.4 Å². The quantitative estimate of drug-likeness (QED) is 0.680. The van der Waals surface area contributed by atoms with E-state index < -0.39 is 0 Å². The predicted molar refractivity (Wildman–Crippen MR) is 76.7 cm³/mol. The number of nitrogens with zero attached hydrogens (tertiary/aromatic N) is 1. The number of nitrogens with two attached hydrogens (primary N) is 1. The predicted octanol–water partition coefficient (Wildman–Crippen LogP) is 1.91. The van der Waals surface area contributed by atoms with Crippen molar-refractivity contribution in [1.29, 1.82) is 0 Å². The van der Waals surface area contributed by atoms with E-state index >= 15 is 0 Å². The summed E-state index contributed by atoms with van der Waals surface area (Å²) in [5.41, 5.74) is 7.34. The van der Waals surface area contributed by atoms with Crippen LogP contribution in [0.2, 0.25) is 0 Å². The molecule has 0 bridgehead atoms. The van der Waals surface area contributed by atoms with Crippen LogP contribution in [0.4, 0.5) is 0 Å². The Morgan fingerprint density at radius 1 is 1.22 bits per heavy atom. The van der Waals surface area contributed by atoms with Crippen molar-refractivity contribution in [3.05, 3.63) is 35.9 Å². The molecule has 0 saturated heterocycles. The average Bonchev–Trinajstić information content (AvgIpc) is 2.36. The van der Waals surface area contributed by atoms with Gasteiger partial charge in [-0.3, -0.25) is 0 Å². The fraction of sp³-hybridized carbons (Fsp3) is 0.600. The SMILES string of the molecule is COCC(N)CN(C)CCCCc1ccccc1. The highest BCUT2D eigenvalue weighted by atomic mass is 16.5. The lowest BCUT2D eigenvalue weighted by Crippen LogP contribution is -2.38. The zero-order chi connectivity index (χ0) is 13.2. The largest absolute Gasteiger partial charge is 0.383 e. The first-order chi connectivity index (χ1) is 8.72. The summed E-state index contributed by atoms with van der Waals surface area (Å²) in [5, 5.41) is 0. The van der Waals surface area contributed by atoms with Gasteiger partial charge in [-0.05, 0) is 38.4 Å². The van der Waals surface area contributed by atoms with Gasteiger partial charge in [-0.25, -0.2) is 0 Å². The van der Waals surface area contributed by atoms with Crippen molar-refractivity contribution in [3.8, 4) is 0 Å². The normalized spacial score (nSPS) is 12.9. The van der Waals surface area contributed by atoms with Crippen molar-refractivity contribution in [2.75, 3.05) is 33.9 Å². The average molecular weight is 250 g/mol. The molecule has 0 heterocycles. The van der Waals surface area contributed by atoms with E-state index in [1.807, 2.05) is 0 Å². The molecule has 0 aliphatic rings. The molecule has 1 unspecified atom stereocenters. The monoisotopic (exact) mass is 250 g/mol. The van der Waals surface area contributed by atoms with Gasteiger partial charge in [0.1, 0.15) is 0 Å². The molecule has 0 spiro atoms. The minimum absolute atomic E-state index is 0.120. The summed E-state index contributed by atoms with van der Waals surface area (Å²) >= 11 is 0. The lowest BCUT2D eigenvalue weighted by Gasteiger charge is -2.20. The van der Waals surface area contributed by atoms with Crippen LogP contribution in [0.3, 0.4) is 0 Å². The highest BCUT2D eigenvalue weighted by molar-refractivity contribution is 5.14. The number of methoxy groups -OCH3 is 1. The zero-order valence-corrected chi connectivity index (χ0v) is 11.6. The summed E-state index contributed by atoms with van der Waals surface area (Å²) in [6.45, 7) is 2.64. The van der Waals surface area contributed by atoms with Gasteiger partial charge in [0.2, 0.25) is 0 Å². The molecular formula is C15H26N2O. The number of benzene rings is 1. The molecule has 0 aliphatic heterocycles. The minimum Gasteiger partial charge on any atom is -0.383 e. The number of likely N-dealkylation sites (N-methyl/N-ethyl adjacent to an activating group) is 1. The summed E-state index contributed by atoms with van der Waals surface area (Å²) in [7, 11) is 3.82. The molecule has 1 aromatic rings. The Morgan fingerprint density at radius 2 is 1.94 bits per heavy atom. The molecule has 2 N–H and O–H groups in total. The Balaban J connectivity index is 2.07. The van der Waals surface area contributed by atoms with Crippen LogP contribution in [-0.2, 0) is 11.2 Å². The molecule has 1 rings (SSSR count). The van der Waals surface area contributed by atoms with Crippen molar-refractivity contribution in [2.24, 2.45) is 5.73 Å². The molecule has 3 nitrogen and oxygen atoms in total. The molecule has 0 radical (unpaired) electrons. The van der Waals surface area contributed by atoms with Gasteiger partial charge in [-0.15, -0.1) is 0 Å². The van der Waals surface area contributed by atoms with Crippen LogP contribution < -0.4 is 5.73 Å². The standard InChI is InChI=1S/C15H26N2O/c1-17(12-15(16)13-18-2)11-7-6-10-14-8-4-3-5-9-14/h3-5,8-9,15H,6-7,10-13,16H2,1-2H3. The molecule has 0 aromatic heterocycles. The van der Waals surface area contributed by atoms with Crippen LogP contribution in [0.15, 0.2) is 30.3 Å². The van der Waals surface area contributed by atoms with Gasteiger partial charge in [-0.1, -0.05) is 30.3 Å². The highest BCUT2D eigenvalue weighted by Crippen LogP contribution is 2.05. The number of hydrogen-bond donors (Lipinski definition) is 1. The van der Waals surface area contributed by atoms with E-state index in [0.29, 0.717) is 6.61 Å². The van der Waals surface area contributed by atoms with Crippen LogP contribution in [0.5, 0.6) is 0 Å². The maximum atomic E-state index is 5.91. The third-order valence-electron chi connectivity index (χ3n) is 3.03. The molecule has 3 heteroatoms. The number of aryl methyl sites for hydroxylation is 1. The van der Waals surface area contributed by atoms with Gasteiger partial charge in [0.25, 0.3) is 0 Å². The third kappa shape index (κ3) is 6.74. The first-order valence-corrected chi connectivity index (χ1v) is 6.69. The molecular weight excluding hydrogens is 224 g/mol. The van der Waals surface area contributed by atoms with E-state index in [0.717, 1.165) is 13.1 Å². The fourth-order valence-corrected chi connectivity index (χ4v) is 2.11. The summed E-state index contributed by atoms with van der Waals surface area (Å²) < 4.78 is 5.04. The second-order valence-corrected chi connectivity index (χ2v) is 4.92. The first-order valence-electron chi connectivity index (χ1n) is 6.69. The highest BCUT2D eigenvalue weighted by Gasteiger charge is 2.05. The second kappa shape index (κ2) is 9.09. The number of unbranched alkanes of at least 4 members (excludes halogenated alkanes) is 1. The molecule has 1 aromatic carbocycles. The van der Waals surface area contributed by atoms with Crippen molar-refractivity contribution in [2.45, 2.75) is 25.3 Å². The van der Waals surface area contributed by atoms with E-state index in [9.17, 15) is 0 Å². The Morgan fingerprint density at radius 3 is 2.61 bits per heavy atom. The Kier molecular flexibility index (Phi) is 7.65. The fourth-order valence-electron chi connectivity index (χ4n) is 2.11. The molecule has 0 fully saturated rings. The van der Waals surface area contributed by atoms with E-state index in [-0.39, 0.29) is 6.04 Å². The number of hydrogen-bond acceptors (Lipinski definition) is 3. The molecule has 0 amide bonds. The van der Waals surface area contributed by atoms with Gasteiger partial charge >= 0.3 is 0 Å². The number of ether oxygens (including phenoxy) is 1. The maximum absolute atomic E-state index is 5.91. The minimum atomic E-state index is 0.120. The Labute approximate surface area is 111 Å². The van der Waals surface area contributed by atoms with E-state index in [4.69, 9.17) is 10.5 Å². The third-order valence-corrected chi connectivity index (χ3v) is 3.03. The van der Waals surface area contributed by atoms with E-state index in [1.54, 1.807) is 7.11 Å². The lowest BCUT2D eigenvalue weighted by molar-refractivity contribution is 0.161. The van der Waals surface area contributed by atoms with Crippen molar-refractivity contribution < 1.29 is 4.74 Å². The van der Waals surface area contributed by atoms with Crippen molar-refractivity contribution in [1.82, 2.24) is 4.90 Å². The summed E-state index contributed by atoms with van der Waals surface area (Å²) in [5.74, 6) is 0. The van der Waals surface area contributed by atoms with Crippen LogP contribution in [0, 0.1) is 0 Å². The summed E-state index contributed by atoms with van der Waals surface area (Å²) in [6, 6.07) is 10.8. The van der Waals surface area contributed by atoms with E-state index in [1.165, 1.54) is 24.8 Å². The molecule has 18 heavy (non-hydrogen) atoms. The van der Waals surface area contributed by atoms with Crippen molar-refractivity contribution in [3.63, 3.8) is 0 Å². The zero-order valence-electron chi connectivity index (χ0n) is 11.6. The van der Waals surface area contributed by atoms with Crippen LogP contribution in [-0.4, -0.2) is 44.8 Å². The maximum Gasteiger partial charge on any atom is 0.0626 e. The molecule has 1 atom stereocenters. The topological polar surface area (TPSA) is 38.5 Å². The van der Waals surface area contributed by atoms with Gasteiger partial charge in [0.05, 0.1) is 6.61 Å². The smallest absolute Gasteiger partial charge is 0.0626 e. The molecule has 0 aliphatic carbocycles. The lowest BCUT2D eigenvalue weighted by atomic mass is 10.1. The van der Waals surface area contributed by atoms with Crippen LogP contribution >= 0.6 is 0 Å². The van der Waals surface area contributed by atoms with Gasteiger partial charge < -0.3 is 15.4 Å². The second-order valence-electron chi connectivity index (χ2n) is 4.92. The summed E-state index contributed by atoms with van der Waals surface area (Å²) in [6.07, 6.45) is 3.61. The van der Waals surface area contributed by atoms with Gasteiger partial charge in [-0.2, -0.15) is 0 Å². The van der Waals surface area contributed by atoms with Crippen LogP contribution in [0.25, 0.3) is 0 Å². The Hall–Kier alpha value is -0.900. The van der Waals surface area contributed by atoms with Gasteiger partial charge in [0, 0.05) is 19.7 Å². The first kappa shape index (κ1) is 15.2. The van der Waals surface area contributed by atoms with Crippen molar-refractivity contribution >= 4 is 0 Å².